The molecule has 100 valence electrons. The summed E-state index contributed by atoms with van der Waals surface area (Å²) in [5.41, 5.74) is 2.25. The topological polar surface area (TPSA) is 59.3 Å². The monoisotopic (exact) mass is 269 g/mol. The van der Waals surface area contributed by atoms with Crippen molar-refractivity contribution in [2.45, 2.75) is 38.3 Å². The third-order valence-corrected chi connectivity index (χ3v) is 5.98. The first-order valence-corrected chi connectivity index (χ1v) is 8.44. The molecule has 2 atom stereocenters. The predicted molar refractivity (Wildman–Crippen MR) is 69.1 cm³/mol. The van der Waals surface area contributed by atoms with E-state index in [1.165, 1.54) is 5.69 Å². The molecular formula is C13H19NO3S. The van der Waals surface area contributed by atoms with Gasteiger partial charge in [0.25, 0.3) is 0 Å². The first-order valence-electron chi connectivity index (χ1n) is 6.61. The lowest BCUT2D eigenvalue weighted by atomic mass is 9.95. The number of fused-ring (bicyclic) bond motifs is 1. The van der Waals surface area contributed by atoms with Gasteiger partial charge in [0.2, 0.25) is 0 Å². The van der Waals surface area contributed by atoms with E-state index in [1.54, 1.807) is 0 Å². The Morgan fingerprint density at radius 2 is 2.22 bits per heavy atom. The Morgan fingerprint density at radius 1 is 1.39 bits per heavy atom. The van der Waals surface area contributed by atoms with Crippen LogP contribution in [0.15, 0.2) is 12.3 Å². The van der Waals surface area contributed by atoms with Crippen LogP contribution in [0.3, 0.4) is 0 Å². The number of aliphatic hydroxyl groups excluding tert-OH is 1. The van der Waals surface area contributed by atoms with Gasteiger partial charge in [0.1, 0.15) is 0 Å². The first kappa shape index (κ1) is 12.2. The van der Waals surface area contributed by atoms with Gasteiger partial charge in [-0.25, -0.2) is 8.42 Å². The molecule has 1 aromatic heterocycles. The summed E-state index contributed by atoms with van der Waals surface area (Å²) in [4.78, 5) is 0. The van der Waals surface area contributed by atoms with Crippen LogP contribution in [-0.4, -0.2) is 29.6 Å². The van der Waals surface area contributed by atoms with Crippen LogP contribution in [-0.2, 0) is 22.8 Å². The van der Waals surface area contributed by atoms with Gasteiger partial charge in [-0.3, -0.25) is 0 Å². The third kappa shape index (κ3) is 2.21. The number of sulfone groups is 1. The van der Waals surface area contributed by atoms with E-state index in [2.05, 4.69) is 4.57 Å². The summed E-state index contributed by atoms with van der Waals surface area (Å²) in [6.45, 7) is 0.779. The predicted octanol–water partition coefficient (Wildman–Crippen LogP) is 1.29. The summed E-state index contributed by atoms with van der Waals surface area (Å²) in [6, 6.07) is 1.99. The summed E-state index contributed by atoms with van der Waals surface area (Å²) < 4.78 is 25.1. The molecule has 1 N–H and O–H groups in total. The Hall–Kier alpha value is -0.810. The highest BCUT2D eigenvalue weighted by molar-refractivity contribution is 7.91. The van der Waals surface area contributed by atoms with E-state index in [4.69, 9.17) is 0 Å². The number of hydrogen-bond acceptors (Lipinski definition) is 3. The molecule has 5 heteroatoms. The fraction of sp³-hybridized carbons (Fsp3) is 0.692. The lowest BCUT2D eigenvalue weighted by Gasteiger charge is -2.21. The van der Waals surface area contributed by atoms with Gasteiger partial charge in [-0.05, 0) is 37.7 Å². The molecule has 1 aliphatic carbocycles. The second kappa shape index (κ2) is 4.38. The van der Waals surface area contributed by atoms with Crippen molar-refractivity contribution in [1.29, 1.82) is 0 Å². The summed E-state index contributed by atoms with van der Waals surface area (Å²) in [7, 11) is -2.79. The van der Waals surface area contributed by atoms with E-state index in [0.29, 0.717) is 11.5 Å². The van der Waals surface area contributed by atoms with Crippen LogP contribution in [0.4, 0.5) is 0 Å². The molecule has 2 aliphatic rings. The van der Waals surface area contributed by atoms with E-state index < -0.39 is 9.84 Å². The highest BCUT2D eigenvalue weighted by Crippen LogP contribution is 2.31. The van der Waals surface area contributed by atoms with Crippen LogP contribution in [0.25, 0.3) is 0 Å². The SMILES string of the molecule is O=S1(=O)CCC(Cn2ccc3c2CCCC3O)C1. The smallest absolute Gasteiger partial charge is 0.150 e. The van der Waals surface area contributed by atoms with Crippen molar-refractivity contribution in [1.82, 2.24) is 4.57 Å². The molecule has 2 unspecified atom stereocenters. The molecule has 1 saturated heterocycles. The molecule has 0 amide bonds. The average Bonchev–Trinajstić information content (AvgIpc) is 2.85. The number of aromatic nitrogens is 1. The zero-order valence-corrected chi connectivity index (χ0v) is 11.2. The summed E-state index contributed by atoms with van der Waals surface area (Å²) in [5, 5.41) is 9.91. The van der Waals surface area contributed by atoms with Crippen molar-refractivity contribution in [2.75, 3.05) is 11.5 Å². The highest BCUT2D eigenvalue weighted by atomic mass is 32.2. The normalized spacial score (nSPS) is 30.3. The average molecular weight is 269 g/mol. The van der Waals surface area contributed by atoms with Crippen LogP contribution in [0.1, 0.15) is 36.6 Å². The van der Waals surface area contributed by atoms with Gasteiger partial charge in [0, 0.05) is 24.0 Å². The maximum Gasteiger partial charge on any atom is 0.150 e. The molecule has 0 aromatic carbocycles. The van der Waals surface area contributed by atoms with Crippen LogP contribution in [0.2, 0.25) is 0 Å². The van der Waals surface area contributed by atoms with E-state index >= 15 is 0 Å². The summed E-state index contributed by atoms with van der Waals surface area (Å²) in [6.07, 6.45) is 5.30. The standard InChI is InChI=1S/C13H19NO3S/c15-13-3-1-2-12-11(13)4-6-14(12)8-10-5-7-18(16,17)9-10/h4,6,10,13,15H,1-3,5,7-9H2. The van der Waals surface area contributed by atoms with Gasteiger partial charge in [0.05, 0.1) is 17.6 Å². The first-order chi connectivity index (χ1) is 8.55. The van der Waals surface area contributed by atoms with Gasteiger partial charge < -0.3 is 9.67 Å². The largest absolute Gasteiger partial charge is 0.388 e. The Kier molecular flexibility index (Phi) is 2.98. The third-order valence-electron chi connectivity index (χ3n) is 4.15. The molecule has 1 aromatic rings. The lowest BCUT2D eigenvalue weighted by molar-refractivity contribution is 0.155. The van der Waals surface area contributed by atoms with Gasteiger partial charge in [-0.15, -0.1) is 0 Å². The minimum Gasteiger partial charge on any atom is -0.388 e. The van der Waals surface area contributed by atoms with Gasteiger partial charge in [-0.1, -0.05) is 0 Å². The van der Waals surface area contributed by atoms with Crippen LogP contribution in [0, 0.1) is 5.92 Å². The van der Waals surface area contributed by atoms with Crippen LogP contribution >= 0.6 is 0 Å². The molecule has 0 radical (unpaired) electrons. The maximum atomic E-state index is 11.5. The molecule has 4 nitrogen and oxygen atoms in total. The fourth-order valence-corrected chi connectivity index (χ4v) is 5.05. The molecule has 18 heavy (non-hydrogen) atoms. The highest BCUT2D eigenvalue weighted by Gasteiger charge is 2.29. The second-order valence-electron chi connectivity index (χ2n) is 5.55. The van der Waals surface area contributed by atoms with E-state index in [-0.39, 0.29) is 12.0 Å². The minimum atomic E-state index is -2.79. The van der Waals surface area contributed by atoms with Crippen molar-refractivity contribution >= 4 is 9.84 Å². The molecule has 2 heterocycles. The number of nitrogens with zero attached hydrogens (tertiary/aromatic N) is 1. The molecule has 0 spiro atoms. The molecule has 3 rings (SSSR count). The Morgan fingerprint density at radius 3 is 2.94 bits per heavy atom. The van der Waals surface area contributed by atoms with Crippen molar-refractivity contribution in [2.24, 2.45) is 5.92 Å². The molecule has 0 saturated carbocycles. The number of hydrogen-bond donors (Lipinski definition) is 1. The van der Waals surface area contributed by atoms with E-state index in [0.717, 1.165) is 37.8 Å². The van der Waals surface area contributed by atoms with Gasteiger partial charge in [-0.2, -0.15) is 0 Å². The van der Waals surface area contributed by atoms with Gasteiger partial charge >= 0.3 is 0 Å². The molecule has 1 fully saturated rings. The Balaban J connectivity index is 1.78. The molecule has 0 bridgehead atoms. The van der Waals surface area contributed by atoms with E-state index in [1.807, 2.05) is 12.3 Å². The zero-order chi connectivity index (χ0) is 12.8. The van der Waals surface area contributed by atoms with Crippen LogP contribution in [0.5, 0.6) is 0 Å². The zero-order valence-electron chi connectivity index (χ0n) is 10.4. The Bertz CT molecular complexity index is 547. The summed E-state index contributed by atoms with van der Waals surface area (Å²) >= 11 is 0. The van der Waals surface area contributed by atoms with Crippen molar-refractivity contribution in [3.8, 4) is 0 Å². The quantitative estimate of drug-likeness (QED) is 0.880. The van der Waals surface area contributed by atoms with Crippen LogP contribution < -0.4 is 0 Å². The van der Waals surface area contributed by atoms with Crippen molar-refractivity contribution in [3.05, 3.63) is 23.5 Å². The van der Waals surface area contributed by atoms with E-state index in [9.17, 15) is 13.5 Å². The summed E-state index contributed by atoms with van der Waals surface area (Å²) in [5.74, 6) is 0.900. The lowest BCUT2D eigenvalue weighted by Crippen LogP contribution is -2.16. The molecular weight excluding hydrogens is 250 g/mol. The number of rotatable bonds is 2. The maximum absolute atomic E-state index is 11.5. The fourth-order valence-electron chi connectivity index (χ4n) is 3.20. The minimum absolute atomic E-state index is 0.241. The second-order valence-corrected chi connectivity index (χ2v) is 7.78. The van der Waals surface area contributed by atoms with Gasteiger partial charge in [0.15, 0.2) is 9.84 Å². The molecule has 1 aliphatic heterocycles. The van der Waals surface area contributed by atoms with Crippen molar-refractivity contribution < 1.29 is 13.5 Å². The Labute approximate surface area is 108 Å². The van der Waals surface area contributed by atoms with Crippen molar-refractivity contribution in [3.63, 3.8) is 0 Å². The number of aliphatic hydroxyl groups is 1.